The molecule has 2 aromatic rings. The maximum atomic E-state index is 13.6. The Balaban J connectivity index is 2.22. The summed E-state index contributed by atoms with van der Waals surface area (Å²) in [5.74, 6) is 5.04. The SMILES string of the molecule is CC(NS(=O)(=O)c1ccc(NN)nc1)c1ccccc1F. The number of halogens is 1. The Morgan fingerprint density at radius 3 is 2.52 bits per heavy atom. The fourth-order valence-corrected chi connectivity index (χ4v) is 2.98. The van der Waals surface area contributed by atoms with E-state index in [0.29, 0.717) is 5.82 Å². The average Bonchev–Trinajstić information content (AvgIpc) is 2.47. The highest BCUT2D eigenvalue weighted by Gasteiger charge is 2.20. The van der Waals surface area contributed by atoms with Crippen LogP contribution in [0.2, 0.25) is 0 Å². The molecule has 0 radical (unpaired) electrons. The van der Waals surface area contributed by atoms with Crippen LogP contribution in [0.1, 0.15) is 18.5 Å². The molecular formula is C13H15FN4O2S. The average molecular weight is 310 g/mol. The second-order valence-corrected chi connectivity index (χ2v) is 6.10. The van der Waals surface area contributed by atoms with Gasteiger partial charge in [-0.2, -0.15) is 0 Å². The fraction of sp³-hybridized carbons (Fsp3) is 0.154. The number of nitrogens with two attached hydrogens (primary N) is 1. The minimum atomic E-state index is -3.80. The lowest BCUT2D eigenvalue weighted by molar-refractivity contribution is 0.550. The maximum Gasteiger partial charge on any atom is 0.242 e. The summed E-state index contributed by atoms with van der Waals surface area (Å²) in [6.45, 7) is 1.57. The molecule has 0 aliphatic heterocycles. The van der Waals surface area contributed by atoms with Crippen LogP contribution in [0.25, 0.3) is 0 Å². The third kappa shape index (κ3) is 3.54. The number of nitrogens with one attached hydrogen (secondary N) is 2. The van der Waals surface area contributed by atoms with E-state index in [0.717, 1.165) is 0 Å². The second kappa shape index (κ2) is 6.17. The number of aromatic nitrogens is 1. The zero-order valence-electron chi connectivity index (χ0n) is 11.2. The molecule has 2 rings (SSSR count). The standard InChI is InChI=1S/C13H15FN4O2S/c1-9(11-4-2-3-5-12(11)14)18-21(19,20)10-6-7-13(17-15)16-8-10/h2-9,18H,15H2,1H3,(H,16,17). The number of pyridine rings is 1. The van der Waals surface area contributed by atoms with Crippen LogP contribution in [0.3, 0.4) is 0 Å². The summed E-state index contributed by atoms with van der Waals surface area (Å²) in [6.07, 6.45) is 1.17. The van der Waals surface area contributed by atoms with Crippen molar-refractivity contribution in [1.29, 1.82) is 0 Å². The Morgan fingerprint density at radius 2 is 1.95 bits per heavy atom. The molecule has 1 aromatic heterocycles. The van der Waals surface area contributed by atoms with Crippen molar-refractivity contribution < 1.29 is 12.8 Å². The predicted octanol–water partition coefficient (Wildman–Crippen LogP) is 1.55. The van der Waals surface area contributed by atoms with Crippen molar-refractivity contribution in [3.05, 3.63) is 54.0 Å². The van der Waals surface area contributed by atoms with Crippen molar-refractivity contribution >= 4 is 15.8 Å². The molecule has 0 spiro atoms. The van der Waals surface area contributed by atoms with Crippen LogP contribution in [-0.4, -0.2) is 13.4 Å². The van der Waals surface area contributed by atoms with Crippen LogP contribution in [0.4, 0.5) is 10.2 Å². The molecule has 0 saturated heterocycles. The van der Waals surface area contributed by atoms with Crippen LogP contribution in [0, 0.1) is 5.82 Å². The number of hydrogen-bond donors (Lipinski definition) is 3. The Morgan fingerprint density at radius 1 is 1.24 bits per heavy atom. The number of hydrogen-bond acceptors (Lipinski definition) is 5. The minimum absolute atomic E-state index is 0.0234. The van der Waals surface area contributed by atoms with Crippen LogP contribution >= 0.6 is 0 Å². The van der Waals surface area contributed by atoms with Gasteiger partial charge in [0, 0.05) is 17.8 Å². The van der Waals surface area contributed by atoms with Gasteiger partial charge in [0.2, 0.25) is 10.0 Å². The van der Waals surface area contributed by atoms with Crippen molar-refractivity contribution in [2.75, 3.05) is 5.43 Å². The quantitative estimate of drug-likeness (QED) is 0.575. The van der Waals surface area contributed by atoms with Crippen molar-refractivity contribution in [2.45, 2.75) is 17.9 Å². The summed E-state index contributed by atoms with van der Waals surface area (Å²) >= 11 is 0. The molecule has 0 aliphatic carbocycles. The highest BCUT2D eigenvalue weighted by Crippen LogP contribution is 2.19. The number of anilines is 1. The van der Waals surface area contributed by atoms with Crippen LogP contribution in [0.15, 0.2) is 47.5 Å². The highest BCUT2D eigenvalue weighted by atomic mass is 32.2. The molecule has 21 heavy (non-hydrogen) atoms. The second-order valence-electron chi connectivity index (χ2n) is 4.39. The van der Waals surface area contributed by atoms with Gasteiger partial charge in [-0.1, -0.05) is 18.2 Å². The minimum Gasteiger partial charge on any atom is -0.308 e. The van der Waals surface area contributed by atoms with E-state index in [2.05, 4.69) is 15.1 Å². The van der Waals surface area contributed by atoms with Gasteiger partial charge in [-0.25, -0.2) is 28.4 Å². The highest BCUT2D eigenvalue weighted by molar-refractivity contribution is 7.89. The monoisotopic (exact) mass is 310 g/mol. The first kappa shape index (κ1) is 15.4. The molecule has 112 valence electrons. The molecule has 6 nitrogen and oxygen atoms in total. The first-order valence-corrected chi connectivity index (χ1v) is 7.62. The van der Waals surface area contributed by atoms with Crippen molar-refractivity contribution in [3.63, 3.8) is 0 Å². The summed E-state index contributed by atoms with van der Waals surface area (Å²) < 4.78 is 40.5. The summed E-state index contributed by atoms with van der Waals surface area (Å²) in [7, 11) is -3.80. The van der Waals surface area contributed by atoms with Gasteiger partial charge in [-0.15, -0.1) is 0 Å². The van der Waals surface area contributed by atoms with Gasteiger partial charge in [-0.05, 0) is 25.1 Å². The Kier molecular flexibility index (Phi) is 4.51. The van der Waals surface area contributed by atoms with Crippen LogP contribution < -0.4 is 16.0 Å². The van der Waals surface area contributed by atoms with Crippen molar-refractivity contribution in [2.24, 2.45) is 5.84 Å². The molecule has 1 atom stereocenters. The van der Waals surface area contributed by atoms with E-state index in [4.69, 9.17) is 5.84 Å². The fourth-order valence-electron chi connectivity index (χ4n) is 1.82. The van der Waals surface area contributed by atoms with Gasteiger partial charge < -0.3 is 5.43 Å². The first-order chi connectivity index (χ1) is 9.94. The summed E-state index contributed by atoms with van der Waals surface area (Å²) in [4.78, 5) is 3.81. The molecular weight excluding hydrogens is 295 g/mol. The van der Waals surface area contributed by atoms with E-state index in [1.807, 2.05) is 0 Å². The van der Waals surface area contributed by atoms with Gasteiger partial charge in [0.15, 0.2) is 0 Å². The largest absolute Gasteiger partial charge is 0.308 e. The van der Waals surface area contributed by atoms with Gasteiger partial charge in [0.1, 0.15) is 16.5 Å². The topological polar surface area (TPSA) is 97.1 Å². The zero-order valence-corrected chi connectivity index (χ0v) is 12.1. The molecule has 0 amide bonds. The van der Waals surface area contributed by atoms with Gasteiger partial charge in [0.05, 0.1) is 0 Å². The zero-order chi connectivity index (χ0) is 15.5. The molecule has 1 aromatic carbocycles. The number of nitrogens with zero attached hydrogens (tertiary/aromatic N) is 1. The Labute approximate surface area is 122 Å². The summed E-state index contributed by atoms with van der Waals surface area (Å²) in [5.41, 5.74) is 2.58. The van der Waals surface area contributed by atoms with Gasteiger partial charge >= 0.3 is 0 Å². The summed E-state index contributed by atoms with van der Waals surface area (Å²) in [6, 6.07) is 8.09. The van der Waals surface area contributed by atoms with E-state index in [-0.39, 0.29) is 10.5 Å². The number of sulfonamides is 1. The lowest BCUT2D eigenvalue weighted by Gasteiger charge is -2.15. The van der Waals surface area contributed by atoms with Crippen molar-refractivity contribution in [3.8, 4) is 0 Å². The Bertz CT molecular complexity index is 719. The normalized spacial score (nSPS) is 12.9. The maximum absolute atomic E-state index is 13.6. The smallest absolute Gasteiger partial charge is 0.242 e. The van der Waals surface area contributed by atoms with Crippen molar-refractivity contribution in [1.82, 2.24) is 9.71 Å². The lowest BCUT2D eigenvalue weighted by Crippen LogP contribution is -2.27. The van der Waals surface area contributed by atoms with Crippen LogP contribution in [0.5, 0.6) is 0 Å². The number of hydrazine groups is 1. The number of rotatable bonds is 5. The molecule has 4 N–H and O–H groups in total. The van der Waals surface area contributed by atoms with E-state index in [1.54, 1.807) is 19.1 Å². The van der Waals surface area contributed by atoms with Gasteiger partial charge in [0.25, 0.3) is 0 Å². The number of nitrogen functional groups attached to an aromatic ring is 1. The third-order valence-electron chi connectivity index (χ3n) is 2.90. The molecule has 1 unspecified atom stereocenters. The summed E-state index contributed by atoms with van der Waals surface area (Å²) in [5, 5.41) is 0. The third-order valence-corrected chi connectivity index (χ3v) is 4.42. The first-order valence-electron chi connectivity index (χ1n) is 6.13. The Hall–Kier alpha value is -2.03. The number of benzene rings is 1. The van der Waals surface area contributed by atoms with E-state index >= 15 is 0 Å². The molecule has 0 bridgehead atoms. The molecule has 8 heteroatoms. The van der Waals surface area contributed by atoms with E-state index in [9.17, 15) is 12.8 Å². The molecule has 0 fully saturated rings. The molecule has 0 aliphatic rings. The van der Waals surface area contributed by atoms with Crippen LogP contribution in [-0.2, 0) is 10.0 Å². The van der Waals surface area contributed by atoms with E-state index < -0.39 is 21.9 Å². The van der Waals surface area contributed by atoms with E-state index in [1.165, 1.54) is 30.5 Å². The van der Waals surface area contributed by atoms with Gasteiger partial charge in [-0.3, -0.25) is 0 Å². The molecule has 0 saturated carbocycles. The predicted molar refractivity (Wildman–Crippen MR) is 77.2 cm³/mol. The molecule has 1 heterocycles. The lowest BCUT2D eigenvalue weighted by atomic mass is 10.1.